The average Bonchev–Trinajstić information content (AvgIpc) is 2.80. The summed E-state index contributed by atoms with van der Waals surface area (Å²) < 4.78 is 10.5. The van der Waals surface area contributed by atoms with Crippen LogP contribution in [0.25, 0.3) is 0 Å². The quantitative estimate of drug-likeness (QED) is 0.181. The standard InChI is InChI=1S/C22H16ClN3O6/c23-17-6-10-19(11-7-17)31-14-21(27)25-24-13-15-4-8-20(9-5-15)32-22(28)16-2-1-3-18(12-16)26(29)30/h1-13H,14H2,(H,25,27)/b24-13-. The van der Waals surface area contributed by atoms with E-state index in [9.17, 15) is 19.7 Å². The first-order valence-corrected chi connectivity index (χ1v) is 9.55. The van der Waals surface area contributed by atoms with Gasteiger partial charge in [0.25, 0.3) is 11.6 Å². The minimum Gasteiger partial charge on any atom is -0.484 e. The first kappa shape index (κ1) is 22.4. The molecule has 0 heterocycles. The number of ether oxygens (including phenoxy) is 2. The molecule has 0 saturated heterocycles. The molecule has 1 amide bonds. The molecule has 0 atom stereocenters. The average molecular weight is 454 g/mol. The zero-order valence-electron chi connectivity index (χ0n) is 16.4. The number of esters is 1. The highest BCUT2D eigenvalue weighted by molar-refractivity contribution is 6.30. The Kier molecular flexibility index (Phi) is 7.50. The summed E-state index contributed by atoms with van der Waals surface area (Å²) >= 11 is 5.78. The van der Waals surface area contributed by atoms with Crippen molar-refractivity contribution in [3.05, 3.63) is 99.1 Å². The van der Waals surface area contributed by atoms with Gasteiger partial charge in [0.15, 0.2) is 6.61 Å². The molecule has 0 radical (unpaired) electrons. The number of nitrogens with one attached hydrogen (secondary N) is 1. The van der Waals surface area contributed by atoms with E-state index in [2.05, 4.69) is 10.5 Å². The number of hydrogen-bond donors (Lipinski definition) is 1. The second-order valence-electron chi connectivity index (χ2n) is 6.30. The molecule has 9 nitrogen and oxygen atoms in total. The highest BCUT2D eigenvalue weighted by atomic mass is 35.5. The highest BCUT2D eigenvalue weighted by Gasteiger charge is 2.13. The van der Waals surface area contributed by atoms with Gasteiger partial charge in [-0.25, -0.2) is 10.2 Å². The molecule has 0 aliphatic rings. The van der Waals surface area contributed by atoms with Crippen molar-refractivity contribution in [3.63, 3.8) is 0 Å². The largest absolute Gasteiger partial charge is 0.484 e. The monoisotopic (exact) mass is 453 g/mol. The molecule has 0 spiro atoms. The number of rotatable bonds is 8. The first-order chi connectivity index (χ1) is 15.4. The van der Waals surface area contributed by atoms with Gasteiger partial charge >= 0.3 is 5.97 Å². The Morgan fingerprint density at radius 1 is 1.03 bits per heavy atom. The summed E-state index contributed by atoms with van der Waals surface area (Å²) in [7, 11) is 0. The van der Waals surface area contributed by atoms with Gasteiger partial charge in [-0.2, -0.15) is 5.10 Å². The predicted octanol–water partition coefficient (Wildman–Crippen LogP) is 4.00. The van der Waals surface area contributed by atoms with Crippen LogP contribution in [-0.4, -0.2) is 29.6 Å². The van der Waals surface area contributed by atoms with E-state index < -0.39 is 16.8 Å². The lowest BCUT2D eigenvalue weighted by Crippen LogP contribution is -2.24. The Morgan fingerprint density at radius 2 is 1.72 bits per heavy atom. The summed E-state index contributed by atoms with van der Waals surface area (Å²) in [6.45, 7) is -0.217. The van der Waals surface area contributed by atoms with Gasteiger partial charge in [0.05, 0.1) is 16.7 Å². The molecule has 32 heavy (non-hydrogen) atoms. The summed E-state index contributed by atoms with van der Waals surface area (Å²) in [5.74, 6) is -0.412. The molecule has 3 rings (SSSR count). The minimum atomic E-state index is -0.719. The molecule has 0 aliphatic carbocycles. The molecule has 162 valence electrons. The lowest BCUT2D eigenvalue weighted by atomic mass is 10.2. The van der Waals surface area contributed by atoms with Gasteiger partial charge in [0.1, 0.15) is 11.5 Å². The molecular formula is C22H16ClN3O6. The number of benzene rings is 3. The van der Waals surface area contributed by atoms with Crippen molar-refractivity contribution in [2.24, 2.45) is 5.10 Å². The molecule has 0 aromatic heterocycles. The lowest BCUT2D eigenvalue weighted by molar-refractivity contribution is -0.384. The van der Waals surface area contributed by atoms with Crippen molar-refractivity contribution in [1.82, 2.24) is 5.43 Å². The van der Waals surface area contributed by atoms with E-state index in [1.165, 1.54) is 36.5 Å². The third-order valence-corrected chi connectivity index (χ3v) is 4.22. The number of hydrogen-bond acceptors (Lipinski definition) is 7. The summed E-state index contributed by atoms with van der Waals surface area (Å²) in [6, 6.07) is 18.2. The zero-order valence-corrected chi connectivity index (χ0v) is 17.2. The van der Waals surface area contributed by atoms with E-state index in [1.807, 2.05) is 0 Å². The maximum Gasteiger partial charge on any atom is 0.343 e. The SMILES string of the molecule is O=C(COc1ccc(Cl)cc1)N/N=C\c1ccc(OC(=O)c2cccc([N+](=O)[O-])c2)cc1. The van der Waals surface area contributed by atoms with Gasteiger partial charge in [-0.1, -0.05) is 17.7 Å². The number of nitro groups is 1. The number of non-ortho nitro benzene ring substituents is 1. The number of hydrazone groups is 1. The van der Waals surface area contributed by atoms with Crippen LogP contribution in [-0.2, 0) is 4.79 Å². The van der Waals surface area contributed by atoms with Crippen LogP contribution in [0.3, 0.4) is 0 Å². The topological polar surface area (TPSA) is 120 Å². The maximum atomic E-state index is 12.2. The lowest BCUT2D eigenvalue weighted by Gasteiger charge is -2.05. The minimum absolute atomic E-state index is 0.0633. The molecule has 0 unspecified atom stereocenters. The van der Waals surface area contributed by atoms with Crippen LogP contribution < -0.4 is 14.9 Å². The van der Waals surface area contributed by atoms with Crippen LogP contribution in [0, 0.1) is 10.1 Å². The Morgan fingerprint density at radius 3 is 2.41 bits per heavy atom. The van der Waals surface area contributed by atoms with Crippen LogP contribution in [0.2, 0.25) is 5.02 Å². The van der Waals surface area contributed by atoms with Crippen molar-refractivity contribution >= 4 is 35.4 Å². The van der Waals surface area contributed by atoms with Gasteiger partial charge in [0.2, 0.25) is 0 Å². The molecule has 0 aliphatic heterocycles. The van der Waals surface area contributed by atoms with E-state index in [0.29, 0.717) is 16.3 Å². The Balaban J connectivity index is 1.48. The fourth-order valence-electron chi connectivity index (χ4n) is 2.43. The number of halogens is 1. The van der Waals surface area contributed by atoms with Gasteiger partial charge in [0, 0.05) is 17.2 Å². The van der Waals surface area contributed by atoms with Gasteiger partial charge < -0.3 is 9.47 Å². The smallest absolute Gasteiger partial charge is 0.343 e. The summed E-state index contributed by atoms with van der Waals surface area (Å²) in [6.07, 6.45) is 1.41. The Hall–Kier alpha value is -4.24. The van der Waals surface area contributed by atoms with Gasteiger partial charge in [-0.05, 0) is 60.2 Å². The molecule has 0 fully saturated rings. The summed E-state index contributed by atoms with van der Waals surface area (Å²) in [5, 5.41) is 15.2. The molecule has 10 heteroatoms. The van der Waals surface area contributed by atoms with Crippen molar-refractivity contribution in [1.29, 1.82) is 0 Å². The van der Waals surface area contributed by atoms with Crippen molar-refractivity contribution in [3.8, 4) is 11.5 Å². The van der Waals surface area contributed by atoms with Crippen molar-refractivity contribution in [2.45, 2.75) is 0 Å². The van der Waals surface area contributed by atoms with E-state index >= 15 is 0 Å². The van der Waals surface area contributed by atoms with Crippen molar-refractivity contribution in [2.75, 3.05) is 6.61 Å². The molecule has 0 saturated carbocycles. The van der Waals surface area contributed by atoms with E-state index in [0.717, 1.165) is 6.07 Å². The number of carbonyl (C=O) groups excluding carboxylic acids is 2. The third-order valence-electron chi connectivity index (χ3n) is 3.97. The third kappa shape index (κ3) is 6.64. The number of nitrogens with zero attached hydrogens (tertiary/aromatic N) is 2. The normalized spacial score (nSPS) is 10.5. The number of nitro benzene ring substituents is 1. The predicted molar refractivity (Wildman–Crippen MR) is 117 cm³/mol. The second-order valence-corrected chi connectivity index (χ2v) is 6.74. The first-order valence-electron chi connectivity index (χ1n) is 9.18. The van der Waals surface area contributed by atoms with E-state index in [4.69, 9.17) is 21.1 Å². The van der Waals surface area contributed by atoms with Gasteiger partial charge in [-0.3, -0.25) is 14.9 Å². The highest BCUT2D eigenvalue weighted by Crippen LogP contribution is 2.17. The van der Waals surface area contributed by atoms with E-state index in [-0.39, 0.29) is 23.6 Å². The summed E-state index contributed by atoms with van der Waals surface area (Å²) in [4.78, 5) is 34.2. The number of carbonyl (C=O) groups is 2. The fraction of sp³-hybridized carbons (Fsp3) is 0.0455. The number of amides is 1. The van der Waals surface area contributed by atoms with Crippen LogP contribution >= 0.6 is 11.6 Å². The molecule has 1 N–H and O–H groups in total. The summed E-state index contributed by atoms with van der Waals surface area (Å²) in [5.41, 5.74) is 2.83. The van der Waals surface area contributed by atoms with Crippen LogP contribution in [0.1, 0.15) is 15.9 Å². The molecular weight excluding hydrogens is 438 g/mol. The molecule has 3 aromatic rings. The van der Waals surface area contributed by atoms with Gasteiger partial charge in [-0.15, -0.1) is 0 Å². The van der Waals surface area contributed by atoms with Crippen molar-refractivity contribution < 1.29 is 24.0 Å². The van der Waals surface area contributed by atoms with Crippen LogP contribution in [0.15, 0.2) is 77.9 Å². The van der Waals surface area contributed by atoms with Crippen LogP contribution in [0.5, 0.6) is 11.5 Å². The van der Waals surface area contributed by atoms with Crippen LogP contribution in [0.4, 0.5) is 5.69 Å². The Labute approximate surface area is 187 Å². The van der Waals surface area contributed by atoms with E-state index in [1.54, 1.807) is 36.4 Å². The molecule has 3 aromatic carbocycles. The zero-order chi connectivity index (χ0) is 22.9. The maximum absolute atomic E-state index is 12.2. The fourth-order valence-corrected chi connectivity index (χ4v) is 2.55. The Bertz CT molecular complexity index is 1150. The molecule has 0 bridgehead atoms. The second kappa shape index (κ2) is 10.7.